The summed E-state index contributed by atoms with van der Waals surface area (Å²) in [5, 5.41) is 25.2. The second-order valence-corrected chi connectivity index (χ2v) is 7.97. The Morgan fingerprint density at radius 3 is 2.78 bits per heavy atom. The lowest BCUT2D eigenvalue weighted by molar-refractivity contribution is -0.116. The molecule has 3 aromatic rings. The van der Waals surface area contributed by atoms with Gasteiger partial charge >= 0.3 is 5.97 Å². The Kier molecular flexibility index (Phi) is 6.97. The normalized spacial score (nSPS) is 11.4. The molecule has 0 saturated heterocycles. The van der Waals surface area contributed by atoms with Crippen molar-refractivity contribution in [1.82, 2.24) is 14.8 Å². The van der Waals surface area contributed by atoms with Gasteiger partial charge < -0.3 is 15.3 Å². The Morgan fingerprint density at radius 2 is 2.19 bits per heavy atom. The molecule has 0 bridgehead atoms. The van der Waals surface area contributed by atoms with E-state index in [0.29, 0.717) is 17.8 Å². The lowest BCUT2D eigenvalue weighted by atomic mass is 10.1. The predicted molar refractivity (Wildman–Crippen MR) is 118 cm³/mol. The molecule has 0 radical (unpaired) electrons. The average Bonchev–Trinajstić information content (AvgIpc) is 3.34. The summed E-state index contributed by atoms with van der Waals surface area (Å²) < 4.78 is 1.67. The molecule has 2 N–H and O–H groups in total. The van der Waals surface area contributed by atoms with Crippen molar-refractivity contribution in [3.8, 4) is 17.2 Å². The van der Waals surface area contributed by atoms with Gasteiger partial charge in [-0.05, 0) is 24.6 Å². The fourth-order valence-electron chi connectivity index (χ4n) is 3.18. The van der Waals surface area contributed by atoms with Gasteiger partial charge in [-0.25, -0.2) is 9.78 Å². The lowest BCUT2D eigenvalue weighted by Gasteiger charge is -2.26. The number of nitrogens with one attached hydrogen (secondary N) is 1. The van der Waals surface area contributed by atoms with E-state index >= 15 is 0 Å². The maximum absolute atomic E-state index is 12.6. The number of rotatable bonds is 9. The number of carboxylic acid groups (broad SMARTS) is 1. The van der Waals surface area contributed by atoms with Crippen LogP contribution in [-0.4, -0.2) is 44.2 Å². The van der Waals surface area contributed by atoms with Gasteiger partial charge in [0.15, 0.2) is 5.13 Å². The fraction of sp³-hybridized carbons (Fsp3) is 0.238. The third-order valence-corrected chi connectivity index (χ3v) is 5.74. The van der Waals surface area contributed by atoms with E-state index in [1.54, 1.807) is 36.1 Å². The van der Waals surface area contributed by atoms with Crippen LogP contribution in [-0.2, 0) is 16.6 Å². The van der Waals surface area contributed by atoms with Gasteiger partial charge in [0.25, 0.3) is 0 Å². The zero-order valence-corrected chi connectivity index (χ0v) is 18.2. The Balaban J connectivity index is 1.79. The minimum absolute atomic E-state index is 0.0376. The van der Waals surface area contributed by atoms with Crippen molar-refractivity contribution < 1.29 is 19.5 Å². The summed E-state index contributed by atoms with van der Waals surface area (Å²) in [6, 6.07) is 8.46. The zero-order valence-electron chi connectivity index (χ0n) is 17.3. The maximum Gasteiger partial charge on any atom is 0.347 e. The van der Waals surface area contributed by atoms with Crippen LogP contribution in [0.1, 0.15) is 28.2 Å². The SMILES string of the molecule is Cc1nc(NC(=O)C[C@@H](CC#N)N(C=O)c2cccc(-c3cnn(C)c3)c2)sc1C(=O)O. The number of nitriles is 1. The van der Waals surface area contributed by atoms with Gasteiger partial charge in [-0.2, -0.15) is 10.4 Å². The number of aryl methyl sites for hydroxylation is 2. The summed E-state index contributed by atoms with van der Waals surface area (Å²) in [7, 11) is 1.80. The Hall–Kier alpha value is -4.04. The monoisotopic (exact) mass is 452 g/mol. The highest BCUT2D eigenvalue weighted by Gasteiger charge is 2.24. The molecular formula is C21H20N6O4S. The van der Waals surface area contributed by atoms with E-state index in [2.05, 4.69) is 15.4 Å². The Bertz CT molecular complexity index is 1200. The molecule has 10 nitrogen and oxygen atoms in total. The molecule has 164 valence electrons. The molecule has 0 aliphatic heterocycles. The van der Waals surface area contributed by atoms with Crippen LogP contribution in [0.3, 0.4) is 0 Å². The van der Waals surface area contributed by atoms with Crippen molar-refractivity contribution in [3.05, 3.63) is 47.2 Å². The van der Waals surface area contributed by atoms with Crippen LogP contribution in [0.15, 0.2) is 36.7 Å². The van der Waals surface area contributed by atoms with Crippen molar-refractivity contribution in [3.63, 3.8) is 0 Å². The van der Waals surface area contributed by atoms with Crippen molar-refractivity contribution in [2.75, 3.05) is 10.2 Å². The van der Waals surface area contributed by atoms with Gasteiger partial charge in [0, 0.05) is 30.9 Å². The lowest BCUT2D eigenvalue weighted by Crippen LogP contribution is -2.37. The van der Waals surface area contributed by atoms with E-state index in [9.17, 15) is 19.6 Å². The molecule has 0 spiro atoms. The number of aromatic nitrogens is 3. The molecule has 0 aliphatic rings. The quantitative estimate of drug-likeness (QED) is 0.476. The summed E-state index contributed by atoms with van der Waals surface area (Å²) in [6.45, 7) is 1.54. The van der Waals surface area contributed by atoms with E-state index < -0.39 is 17.9 Å². The van der Waals surface area contributed by atoms with E-state index in [1.807, 2.05) is 18.3 Å². The van der Waals surface area contributed by atoms with Crippen LogP contribution in [0, 0.1) is 18.3 Å². The maximum atomic E-state index is 12.6. The number of carbonyl (C=O) groups excluding carboxylic acids is 2. The van der Waals surface area contributed by atoms with Gasteiger partial charge in [-0.1, -0.05) is 23.5 Å². The first-order valence-corrected chi connectivity index (χ1v) is 10.3. The zero-order chi connectivity index (χ0) is 23.3. The van der Waals surface area contributed by atoms with Crippen LogP contribution >= 0.6 is 11.3 Å². The van der Waals surface area contributed by atoms with Crippen LogP contribution in [0.5, 0.6) is 0 Å². The number of carbonyl (C=O) groups is 3. The van der Waals surface area contributed by atoms with Gasteiger partial charge in [-0.3, -0.25) is 14.3 Å². The third-order valence-electron chi connectivity index (χ3n) is 4.67. The number of hydrogen-bond acceptors (Lipinski definition) is 7. The summed E-state index contributed by atoms with van der Waals surface area (Å²) in [6.07, 6.45) is 3.90. The number of aromatic carboxylic acids is 1. The molecule has 0 saturated carbocycles. The molecule has 2 heterocycles. The molecular weight excluding hydrogens is 432 g/mol. The third kappa shape index (κ3) is 5.16. The second kappa shape index (κ2) is 9.84. The van der Waals surface area contributed by atoms with Crippen LogP contribution in [0.2, 0.25) is 0 Å². The number of carboxylic acids is 1. The highest BCUT2D eigenvalue weighted by Crippen LogP contribution is 2.27. The molecule has 1 atom stereocenters. The Morgan fingerprint density at radius 1 is 1.41 bits per heavy atom. The van der Waals surface area contributed by atoms with Crippen LogP contribution in [0.4, 0.5) is 10.8 Å². The summed E-state index contributed by atoms with van der Waals surface area (Å²) >= 11 is 0.850. The smallest absolute Gasteiger partial charge is 0.347 e. The number of amides is 2. The van der Waals surface area contributed by atoms with Gasteiger partial charge in [0.1, 0.15) is 4.88 Å². The highest BCUT2D eigenvalue weighted by molar-refractivity contribution is 7.17. The topological polar surface area (TPSA) is 141 Å². The highest BCUT2D eigenvalue weighted by atomic mass is 32.1. The molecule has 0 aliphatic carbocycles. The van der Waals surface area contributed by atoms with Crippen molar-refractivity contribution in [1.29, 1.82) is 5.26 Å². The molecule has 32 heavy (non-hydrogen) atoms. The first-order valence-electron chi connectivity index (χ1n) is 9.52. The van der Waals surface area contributed by atoms with Crippen LogP contribution in [0.25, 0.3) is 11.1 Å². The number of benzene rings is 1. The van der Waals surface area contributed by atoms with Crippen molar-refractivity contribution >= 4 is 40.4 Å². The number of nitrogens with zero attached hydrogens (tertiary/aromatic N) is 5. The minimum atomic E-state index is -1.12. The van der Waals surface area contributed by atoms with E-state index in [-0.39, 0.29) is 22.9 Å². The summed E-state index contributed by atoms with van der Waals surface area (Å²) in [5.41, 5.74) is 2.53. The fourth-order valence-corrected chi connectivity index (χ4v) is 4.00. The van der Waals surface area contributed by atoms with Crippen molar-refractivity contribution in [2.24, 2.45) is 7.05 Å². The molecule has 0 fully saturated rings. The number of thiazole rings is 1. The standard InChI is InChI=1S/C21H20N6O4S/c1-13-19(20(30)31)32-21(24-13)25-18(29)9-17(6-7-22)27(12-28)16-5-3-4-14(8-16)15-10-23-26(2)11-15/h3-5,8,10-12,17H,6,9H2,1-2H3,(H,30,31)(H,24,25,29)/t17-/m1/s1. The Labute approximate surface area is 187 Å². The first kappa shape index (κ1) is 22.6. The molecule has 0 unspecified atom stereocenters. The van der Waals surface area contributed by atoms with Gasteiger partial charge in [-0.15, -0.1) is 0 Å². The summed E-state index contributed by atoms with van der Waals surface area (Å²) in [4.78, 5) is 41.1. The molecule has 11 heteroatoms. The summed E-state index contributed by atoms with van der Waals surface area (Å²) in [5.74, 6) is -1.60. The first-order chi connectivity index (χ1) is 15.3. The van der Waals surface area contributed by atoms with Crippen LogP contribution < -0.4 is 10.2 Å². The molecule has 1 aromatic carbocycles. The predicted octanol–water partition coefficient (Wildman–Crippen LogP) is 2.82. The minimum Gasteiger partial charge on any atom is -0.477 e. The van der Waals surface area contributed by atoms with Gasteiger partial charge in [0.05, 0.1) is 30.4 Å². The second-order valence-electron chi connectivity index (χ2n) is 6.97. The molecule has 3 rings (SSSR count). The van der Waals surface area contributed by atoms with E-state index in [1.165, 1.54) is 11.8 Å². The largest absolute Gasteiger partial charge is 0.477 e. The average molecular weight is 452 g/mol. The molecule has 2 aromatic heterocycles. The number of anilines is 2. The van der Waals surface area contributed by atoms with Crippen molar-refractivity contribution in [2.45, 2.75) is 25.8 Å². The number of hydrogen-bond donors (Lipinski definition) is 2. The molecule has 2 amide bonds. The van der Waals surface area contributed by atoms with E-state index in [4.69, 9.17) is 5.11 Å². The van der Waals surface area contributed by atoms with E-state index in [0.717, 1.165) is 22.5 Å². The van der Waals surface area contributed by atoms with Gasteiger partial charge in [0.2, 0.25) is 12.3 Å².